The summed E-state index contributed by atoms with van der Waals surface area (Å²) in [5.74, 6) is 2.34. The number of hydrogen-bond donors (Lipinski definition) is 0. The largest absolute Gasteiger partial charge is 0.467 e. The van der Waals surface area contributed by atoms with Crippen molar-refractivity contribution in [1.29, 1.82) is 0 Å². The molecule has 0 bridgehead atoms. The predicted molar refractivity (Wildman–Crippen MR) is 76.9 cm³/mol. The van der Waals surface area contributed by atoms with Gasteiger partial charge in [0.25, 0.3) is 0 Å². The highest BCUT2D eigenvalue weighted by atomic mass is 16.5. The lowest BCUT2D eigenvalue weighted by atomic mass is 10.2. The van der Waals surface area contributed by atoms with Gasteiger partial charge in [-0.25, -0.2) is 0 Å². The molecule has 0 saturated carbocycles. The van der Waals surface area contributed by atoms with Crippen LogP contribution in [0.3, 0.4) is 0 Å². The molecule has 0 aliphatic carbocycles. The van der Waals surface area contributed by atoms with E-state index in [2.05, 4.69) is 39.8 Å². The molecule has 0 fully saturated rings. The van der Waals surface area contributed by atoms with E-state index in [0.717, 1.165) is 25.7 Å². The van der Waals surface area contributed by atoms with E-state index in [0.29, 0.717) is 0 Å². The zero-order valence-electron chi connectivity index (χ0n) is 12.2. The van der Waals surface area contributed by atoms with Gasteiger partial charge in [0.1, 0.15) is 0 Å². The minimum atomic E-state index is 1.06. The van der Waals surface area contributed by atoms with Crippen LogP contribution in [0.4, 0.5) is 0 Å². The van der Waals surface area contributed by atoms with Crippen LogP contribution in [0.5, 0.6) is 0 Å². The lowest BCUT2D eigenvalue weighted by Crippen LogP contribution is -1.95. The molecule has 0 radical (unpaired) electrons. The van der Waals surface area contributed by atoms with Crippen LogP contribution in [0.15, 0.2) is 23.7 Å². The standard InChI is InChI=1S/C16H30O/c1-5-9-13-15(11-7-3)17-16(12-8-4)14-10-6-2/h11-12H,5-10,13-14H2,1-4H3/b15-11+,16-12+. The molecule has 1 nitrogen and oxygen atoms in total. The van der Waals surface area contributed by atoms with Crippen molar-refractivity contribution in [3.8, 4) is 0 Å². The maximum Gasteiger partial charge on any atom is 0.0996 e. The highest BCUT2D eigenvalue weighted by molar-refractivity contribution is 5.02. The zero-order chi connectivity index (χ0) is 12.9. The van der Waals surface area contributed by atoms with Crippen LogP contribution in [0, 0.1) is 0 Å². The predicted octanol–water partition coefficient (Wildman–Crippen LogP) is 5.97. The molecule has 0 amide bonds. The first-order valence-corrected chi connectivity index (χ1v) is 7.34. The summed E-state index contributed by atoms with van der Waals surface area (Å²) in [4.78, 5) is 0. The van der Waals surface area contributed by atoms with Crippen LogP contribution < -0.4 is 0 Å². The van der Waals surface area contributed by atoms with E-state index < -0.39 is 0 Å². The van der Waals surface area contributed by atoms with Gasteiger partial charge >= 0.3 is 0 Å². The van der Waals surface area contributed by atoms with E-state index in [-0.39, 0.29) is 0 Å². The Morgan fingerprint density at radius 2 is 1.18 bits per heavy atom. The highest BCUT2D eigenvalue weighted by Crippen LogP contribution is 2.19. The molecule has 0 spiro atoms. The van der Waals surface area contributed by atoms with Gasteiger partial charge in [-0.15, -0.1) is 0 Å². The van der Waals surface area contributed by atoms with Crippen LogP contribution in [0.25, 0.3) is 0 Å². The summed E-state index contributed by atoms with van der Waals surface area (Å²) in [6, 6.07) is 0. The summed E-state index contributed by atoms with van der Waals surface area (Å²) >= 11 is 0. The van der Waals surface area contributed by atoms with E-state index in [1.807, 2.05) is 0 Å². The molecule has 0 saturated heterocycles. The van der Waals surface area contributed by atoms with Crippen molar-refractivity contribution in [1.82, 2.24) is 0 Å². The minimum Gasteiger partial charge on any atom is -0.467 e. The fourth-order valence-electron chi connectivity index (χ4n) is 1.72. The quantitative estimate of drug-likeness (QED) is 0.426. The van der Waals surface area contributed by atoms with Crippen LogP contribution >= 0.6 is 0 Å². The molecule has 0 unspecified atom stereocenters. The molecule has 0 rings (SSSR count). The molecular weight excluding hydrogens is 208 g/mol. The molecule has 0 heterocycles. The van der Waals surface area contributed by atoms with E-state index >= 15 is 0 Å². The summed E-state index contributed by atoms with van der Waals surface area (Å²) in [5.41, 5.74) is 0. The smallest absolute Gasteiger partial charge is 0.0996 e. The Labute approximate surface area is 108 Å². The van der Waals surface area contributed by atoms with Gasteiger partial charge in [0.05, 0.1) is 11.5 Å². The molecule has 0 aliphatic rings. The van der Waals surface area contributed by atoms with Crippen molar-refractivity contribution in [3.05, 3.63) is 23.7 Å². The molecule has 17 heavy (non-hydrogen) atoms. The Bertz CT molecular complexity index is 202. The fourth-order valence-corrected chi connectivity index (χ4v) is 1.72. The third kappa shape index (κ3) is 9.02. The van der Waals surface area contributed by atoms with Crippen LogP contribution in [-0.4, -0.2) is 0 Å². The Kier molecular flexibility index (Phi) is 11.3. The SMILES string of the molecule is CC/C=C(\CCCC)O/C(=C/CC)CCCC. The van der Waals surface area contributed by atoms with E-state index in [9.17, 15) is 0 Å². The van der Waals surface area contributed by atoms with Crippen molar-refractivity contribution < 1.29 is 4.74 Å². The number of unbranched alkanes of at least 4 members (excludes halogenated alkanes) is 2. The number of ether oxygens (including phenoxy) is 1. The Balaban J connectivity index is 4.34. The first-order valence-electron chi connectivity index (χ1n) is 7.34. The Morgan fingerprint density at radius 1 is 0.765 bits per heavy atom. The van der Waals surface area contributed by atoms with Crippen molar-refractivity contribution in [2.24, 2.45) is 0 Å². The van der Waals surface area contributed by atoms with Crippen molar-refractivity contribution in [2.45, 2.75) is 79.1 Å². The van der Waals surface area contributed by atoms with Gasteiger partial charge in [-0.2, -0.15) is 0 Å². The van der Waals surface area contributed by atoms with Gasteiger partial charge in [-0.05, 0) is 37.8 Å². The fraction of sp³-hybridized carbons (Fsp3) is 0.750. The van der Waals surface area contributed by atoms with Gasteiger partial charge in [0.15, 0.2) is 0 Å². The molecule has 0 N–H and O–H groups in total. The van der Waals surface area contributed by atoms with E-state index in [1.165, 1.54) is 37.2 Å². The molecule has 0 aliphatic heterocycles. The second-order valence-corrected chi connectivity index (χ2v) is 4.47. The van der Waals surface area contributed by atoms with Gasteiger partial charge < -0.3 is 4.74 Å². The number of rotatable bonds is 10. The van der Waals surface area contributed by atoms with Gasteiger partial charge in [-0.3, -0.25) is 0 Å². The van der Waals surface area contributed by atoms with E-state index in [4.69, 9.17) is 4.74 Å². The first-order chi connectivity index (χ1) is 8.28. The second-order valence-electron chi connectivity index (χ2n) is 4.47. The molecule has 100 valence electrons. The number of hydrogen-bond acceptors (Lipinski definition) is 1. The maximum absolute atomic E-state index is 6.06. The maximum atomic E-state index is 6.06. The van der Waals surface area contributed by atoms with Gasteiger partial charge in [0, 0.05) is 12.8 Å². The lowest BCUT2D eigenvalue weighted by Gasteiger charge is -2.13. The average Bonchev–Trinajstić information content (AvgIpc) is 2.33. The average molecular weight is 238 g/mol. The first kappa shape index (κ1) is 16.3. The summed E-state index contributed by atoms with van der Waals surface area (Å²) in [7, 11) is 0. The Morgan fingerprint density at radius 3 is 1.47 bits per heavy atom. The molecule has 0 aromatic heterocycles. The molecule has 0 aromatic rings. The third-order valence-corrected chi connectivity index (χ3v) is 2.68. The van der Waals surface area contributed by atoms with Crippen LogP contribution in [0.2, 0.25) is 0 Å². The normalized spacial score (nSPS) is 12.9. The van der Waals surface area contributed by atoms with Crippen LogP contribution in [-0.2, 0) is 4.74 Å². The topological polar surface area (TPSA) is 9.23 Å². The van der Waals surface area contributed by atoms with E-state index in [1.54, 1.807) is 0 Å². The molecule has 0 atom stereocenters. The van der Waals surface area contributed by atoms with Crippen molar-refractivity contribution in [3.63, 3.8) is 0 Å². The number of allylic oxidation sites excluding steroid dienone is 4. The molecule has 1 heteroatoms. The summed E-state index contributed by atoms with van der Waals surface area (Å²) in [6.07, 6.45) is 13.6. The molecular formula is C16H30O. The highest BCUT2D eigenvalue weighted by Gasteiger charge is 2.03. The minimum absolute atomic E-state index is 1.06. The third-order valence-electron chi connectivity index (χ3n) is 2.68. The Hall–Kier alpha value is -0.720. The summed E-state index contributed by atoms with van der Waals surface area (Å²) < 4.78 is 6.06. The van der Waals surface area contributed by atoms with Crippen molar-refractivity contribution in [2.75, 3.05) is 0 Å². The lowest BCUT2D eigenvalue weighted by molar-refractivity contribution is 0.269. The van der Waals surface area contributed by atoms with Crippen LogP contribution in [0.1, 0.15) is 79.1 Å². The second kappa shape index (κ2) is 11.8. The summed E-state index contributed by atoms with van der Waals surface area (Å²) in [6.45, 7) is 8.79. The van der Waals surface area contributed by atoms with Gasteiger partial charge in [0.2, 0.25) is 0 Å². The zero-order valence-corrected chi connectivity index (χ0v) is 12.2. The van der Waals surface area contributed by atoms with Gasteiger partial charge in [-0.1, -0.05) is 40.5 Å². The molecule has 0 aromatic carbocycles. The monoisotopic (exact) mass is 238 g/mol. The summed E-state index contributed by atoms with van der Waals surface area (Å²) in [5, 5.41) is 0. The van der Waals surface area contributed by atoms with Crippen molar-refractivity contribution >= 4 is 0 Å².